The number of allylic oxidation sites excluding steroid dienone is 1. The fourth-order valence-electron chi connectivity index (χ4n) is 5.23. The first-order valence-electron chi connectivity index (χ1n) is 13.8. The molecule has 2 aromatic carbocycles. The van der Waals surface area contributed by atoms with Crippen molar-refractivity contribution in [1.82, 2.24) is 4.57 Å². The van der Waals surface area contributed by atoms with E-state index in [9.17, 15) is 19.7 Å². The Labute approximate surface area is 249 Å². The third-order valence-corrected chi connectivity index (χ3v) is 8.10. The second-order valence-electron chi connectivity index (χ2n) is 10.0. The number of thiazole rings is 1. The fraction of sp³-hybridized carbons (Fsp3) is 0.258. The largest absolute Gasteiger partial charge is 0.463 e. The quantitative estimate of drug-likeness (QED) is 0.160. The van der Waals surface area contributed by atoms with Crippen LogP contribution in [-0.4, -0.2) is 28.9 Å². The summed E-state index contributed by atoms with van der Waals surface area (Å²) < 4.78 is 24.3. The number of carbonyl (C=O) groups is 1. The van der Waals surface area contributed by atoms with Crippen molar-refractivity contribution >= 4 is 29.1 Å². The number of aryl methyl sites for hydroxylation is 1. The van der Waals surface area contributed by atoms with Gasteiger partial charge < -0.3 is 18.6 Å². The molecule has 2 aliphatic rings. The van der Waals surface area contributed by atoms with E-state index in [2.05, 4.69) is 0 Å². The zero-order valence-corrected chi connectivity index (χ0v) is 24.4. The maximum absolute atomic E-state index is 14.0. The Balaban J connectivity index is 1.50. The van der Waals surface area contributed by atoms with Crippen molar-refractivity contribution < 1.29 is 28.3 Å². The molecule has 0 saturated heterocycles. The van der Waals surface area contributed by atoms with Gasteiger partial charge in [0.1, 0.15) is 11.5 Å². The van der Waals surface area contributed by atoms with Crippen molar-refractivity contribution in [3.63, 3.8) is 0 Å². The number of nitrogens with zero attached hydrogens (tertiary/aromatic N) is 3. The monoisotopic (exact) mass is 601 g/mol. The molecule has 4 heterocycles. The van der Waals surface area contributed by atoms with Crippen LogP contribution in [0.5, 0.6) is 11.5 Å². The van der Waals surface area contributed by atoms with Crippen LogP contribution in [0, 0.1) is 17.0 Å². The van der Waals surface area contributed by atoms with Crippen LogP contribution in [0.25, 0.3) is 17.4 Å². The van der Waals surface area contributed by atoms with Gasteiger partial charge in [-0.3, -0.25) is 19.5 Å². The molecule has 1 atom stereocenters. The highest BCUT2D eigenvalue weighted by molar-refractivity contribution is 7.07. The molecule has 0 saturated carbocycles. The summed E-state index contributed by atoms with van der Waals surface area (Å²) in [5, 5.41) is 11.7. The van der Waals surface area contributed by atoms with Gasteiger partial charge in [0.2, 0.25) is 6.79 Å². The lowest BCUT2D eigenvalue weighted by Gasteiger charge is -2.25. The van der Waals surface area contributed by atoms with Crippen LogP contribution in [0.2, 0.25) is 0 Å². The second kappa shape index (κ2) is 11.4. The number of benzene rings is 2. The number of hydrogen-bond acceptors (Lipinski definition) is 10. The number of ether oxygens (including phenoxy) is 3. The van der Waals surface area contributed by atoms with Crippen molar-refractivity contribution in [2.45, 2.75) is 39.7 Å². The maximum Gasteiger partial charge on any atom is 0.338 e. The minimum absolute atomic E-state index is 0.0704. The summed E-state index contributed by atoms with van der Waals surface area (Å²) in [6.07, 6.45) is 2.82. The Kier molecular flexibility index (Phi) is 7.45. The number of fused-ring (bicyclic) bond motifs is 2. The molecule has 12 heteroatoms. The van der Waals surface area contributed by atoms with Crippen molar-refractivity contribution in [2.75, 3.05) is 13.4 Å². The Hall–Kier alpha value is -4.97. The SMILES string of the molecule is CCCC1=C(C(=O)OCC)C(c2ccc3c(c2)OCO3)n2c(s/c(=C\c3ccc(-c4ccc(C)cc4[N+](=O)[O-])o3)c2=O)=N1. The van der Waals surface area contributed by atoms with E-state index in [1.165, 1.54) is 22.0 Å². The Morgan fingerprint density at radius 3 is 2.74 bits per heavy atom. The van der Waals surface area contributed by atoms with Gasteiger partial charge in [-0.15, -0.1) is 0 Å². The predicted octanol–water partition coefficient (Wildman–Crippen LogP) is 4.78. The topological polar surface area (TPSA) is 135 Å². The average molecular weight is 602 g/mol. The average Bonchev–Trinajstić information content (AvgIpc) is 3.72. The van der Waals surface area contributed by atoms with E-state index < -0.39 is 16.9 Å². The fourth-order valence-corrected chi connectivity index (χ4v) is 6.22. The summed E-state index contributed by atoms with van der Waals surface area (Å²) in [5.41, 5.74) is 2.15. The van der Waals surface area contributed by atoms with Crippen molar-refractivity contribution in [1.29, 1.82) is 0 Å². The Morgan fingerprint density at radius 1 is 1.16 bits per heavy atom. The number of carbonyl (C=O) groups excluding carboxylic acids is 1. The van der Waals surface area contributed by atoms with Crippen LogP contribution >= 0.6 is 11.3 Å². The van der Waals surface area contributed by atoms with Gasteiger partial charge in [0.25, 0.3) is 11.2 Å². The van der Waals surface area contributed by atoms with Gasteiger partial charge in [-0.1, -0.05) is 36.8 Å². The van der Waals surface area contributed by atoms with E-state index in [0.29, 0.717) is 61.2 Å². The molecule has 0 spiro atoms. The minimum atomic E-state index is -0.809. The van der Waals surface area contributed by atoms with Gasteiger partial charge in [-0.05, 0) is 61.7 Å². The van der Waals surface area contributed by atoms with Gasteiger partial charge in [0.05, 0.1) is 38.9 Å². The number of hydrogen-bond donors (Lipinski definition) is 0. The van der Waals surface area contributed by atoms with E-state index in [0.717, 1.165) is 12.0 Å². The molecule has 4 aromatic rings. The van der Waals surface area contributed by atoms with E-state index >= 15 is 0 Å². The van der Waals surface area contributed by atoms with Gasteiger partial charge in [0.15, 0.2) is 16.3 Å². The van der Waals surface area contributed by atoms with Crippen molar-refractivity contribution in [3.8, 4) is 22.8 Å². The normalized spacial score (nSPS) is 15.8. The zero-order chi connectivity index (χ0) is 30.2. The molecule has 0 N–H and O–H groups in total. The summed E-state index contributed by atoms with van der Waals surface area (Å²) in [5.74, 6) is 1.20. The number of esters is 1. The minimum Gasteiger partial charge on any atom is -0.463 e. The molecule has 2 aliphatic heterocycles. The number of rotatable bonds is 8. The highest BCUT2D eigenvalue weighted by Crippen LogP contribution is 2.39. The lowest BCUT2D eigenvalue weighted by Crippen LogP contribution is -2.40. The highest BCUT2D eigenvalue weighted by atomic mass is 32.1. The number of furan rings is 1. The van der Waals surface area contributed by atoms with Crippen LogP contribution in [-0.2, 0) is 9.53 Å². The molecule has 2 aromatic heterocycles. The molecule has 43 heavy (non-hydrogen) atoms. The van der Waals surface area contributed by atoms with Gasteiger partial charge in [0, 0.05) is 12.1 Å². The van der Waals surface area contributed by atoms with E-state index in [4.69, 9.17) is 23.6 Å². The van der Waals surface area contributed by atoms with Crippen molar-refractivity contribution in [3.05, 3.63) is 106 Å². The predicted molar refractivity (Wildman–Crippen MR) is 158 cm³/mol. The standard InChI is InChI=1S/C31H27N3O8S/c1-4-6-21-27(30(36)39-5-2)28(18-8-11-24-25(14-18)41-16-40-24)33-29(35)26(43-31(33)32-21)15-19-9-12-23(42-19)20-10-7-17(3)13-22(20)34(37)38/h7-15,28H,4-6,16H2,1-3H3/b26-15-. The molecule has 0 radical (unpaired) electrons. The maximum atomic E-state index is 14.0. The molecule has 1 unspecified atom stereocenters. The van der Waals surface area contributed by atoms with Gasteiger partial charge in [-0.25, -0.2) is 9.79 Å². The van der Waals surface area contributed by atoms with Crippen LogP contribution in [0.4, 0.5) is 5.69 Å². The third-order valence-electron chi connectivity index (χ3n) is 7.12. The summed E-state index contributed by atoms with van der Waals surface area (Å²) >= 11 is 1.17. The highest BCUT2D eigenvalue weighted by Gasteiger charge is 2.35. The molecular weight excluding hydrogens is 574 g/mol. The first-order chi connectivity index (χ1) is 20.8. The number of nitro groups is 1. The molecule has 11 nitrogen and oxygen atoms in total. The molecule has 0 bridgehead atoms. The van der Waals surface area contributed by atoms with E-state index in [1.807, 2.05) is 6.92 Å². The molecule has 6 rings (SSSR count). The van der Waals surface area contributed by atoms with E-state index in [-0.39, 0.29) is 24.6 Å². The molecule has 0 amide bonds. The second-order valence-corrected chi connectivity index (χ2v) is 11.0. The molecule has 220 valence electrons. The van der Waals surface area contributed by atoms with Gasteiger partial charge >= 0.3 is 5.97 Å². The summed E-state index contributed by atoms with van der Waals surface area (Å²) in [6.45, 7) is 5.74. The summed E-state index contributed by atoms with van der Waals surface area (Å²) in [4.78, 5) is 43.8. The molecule has 0 fully saturated rings. The molecular formula is C31H27N3O8S. The first kappa shape index (κ1) is 28.2. The van der Waals surface area contributed by atoms with Crippen LogP contribution in [0.3, 0.4) is 0 Å². The molecule has 0 aliphatic carbocycles. The third kappa shape index (κ3) is 5.14. The van der Waals surface area contributed by atoms with E-state index in [1.54, 1.807) is 62.4 Å². The lowest BCUT2D eigenvalue weighted by atomic mass is 9.94. The van der Waals surface area contributed by atoms with Crippen molar-refractivity contribution in [2.24, 2.45) is 4.99 Å². The lowest BCUT2D eigenvalue weighted by molar-refractivity contribution is -0.384. The number of nitro benzene ring substituents is 1. The van der Waals surface area contributed by atoms with Gasteiger partial charge in [-0.2, -0.15) is 0 Å². The Bertz CT molecular complexity index is 1980. The summed E-state index contributed by atoms with van der Waals surface area (Å²) in [6, 6.07) is 12.7. The Morgan fingerprint density at radius 2 is 1.98 bits per heavy atom. The zero-order valence-electron chi connectivity index (χ0n) is 23.6. The van der Waals surface area contributed by atoms with Crippen LogP contribution < -0.4 is 24.4 Å². The summed E-state index contributed by atoms with van der Waals surface area (Å²) in [7, 11) is 0. The smallest absolute Gasteiger partial charge is 0.338 e. The number of aromatic nitrogens is 1. The van der Waals surface area contributed by atoms with Crippen LogP contribution in [0.15, 0.2) is 74.0 Å². The first-order valence-corrected chi connectivity index (χ1v) is 14.6. The van der Waals surface area contributed by atoms with Crippen LogP contribution in [0.1, 0.15) is 49.6 Å².